The van der Waals surface area contributed by atoms with Gasteiger partial charge >= 0.3 is 0 Å². The molecule has 0 spiro atoms. The second-order valence-corrected chi connectivity index (χ2v) is 6.00. The number of thioether (sulfide) groups is 1. The molecule has 0 bridgehead atoms. The average Bonchev–Trinajstić information content (AvgIpc) is 2.81. The molecule has 0 aromatic carbocycles. The molecule has 2 heterocycles. The summed E-state index contributed by atoms with van der Waals surface area (Å²) < 4.78 is 11.1. The topological polar surface area (TPSA) is 30.5 Å². The Morgan fingerprint density at radius 2 is 2.19 bits per heavy atom. The number of ether oxygens (including phenoxy) is 2. The van der Waals surface area contributed by atoms with E-state index in [-0.39, 0.29) is 0 Å². The van der Waals surface area contributed by atoms with Gasteiger partial charge in [0, 0.05) is 18.7 Å². The predicted molar refractivity (Wildman–Crippen MR) is 68.1 cm³/mol. The van der Waals surface area contributed by atoms with Crippen LogP contribution >= 0.6 is 11.8 Å². The molecule has 0 aromatic rings. The molecular formula is C12H23NO2S. The van der Waals surface area contributed by atoms with Crippen molar-refractivity contribution in [1.82, 2.24) is 5.32 Å². The van der Waals surface area contributed by atoms with Crippen LogP contribution in [0.4, 0.5) is 0 Å². The molecule has 1 N–H and O–H groups in total. The highest BCUT2D eigenvalue weighted by atomic mass is 32.2. The van der Waals surface area contributed by atoms with E-state index in [1.54, 1.807) is 0 Å². The number of hydrogen-bond donors (Lipinski definition) is 1. The molecule has 0 radical (unpaired) electrons. The summed E-state index contributed by atoms with van der Waals surface area (Å²) in [5, 5.41) is 3.66. The van der Waals surface area contributed by atoms with Gasteiger partial charge in [0.05, 0.1) is 19.3 Å². The van der Waals surface area contributed by atoms with Gasteiger partial charge in [-0.2, -0.15) is 11.8 Å². The van der Waals surface area contributed by atoms with Crippen LogP contribution in [0.2, 0.25) is 0 Å². The van der Waals surface area contributed by atoms with Crippen molar-refractivity contribution in [3.63, 3.8) is 0 Å². The number of nitrogens with one attached hydrogen (secondary N) is 1. The number of hydrogen-bond acceptors (Lipinski definition) is 4. The van der Waals surface area contributed by atoms with Gasteiger partial charge in [-0.3, -0.25) is 0 Å². The van der Waals surface area contributed by atoms with Crippen LogP contribution in [-0.4, -0.2) is 49.5 Å². The predicted octanol–water partition coefficient (Wildman–Crippen LogP) is 1.67. The molecule has 2 unspecified atom stereocenters. The van der Waals surface area contributed by atoms with E-state index < -0.39 is 0 Å². The van der Waals surface area contributed by atoms with Crippen LogP contribution in [0.1, 0.15) is 26.2 Å². The lowest BCUT2D eigenvalue weighted by Crippen LogP contribution is -2.41. The van der Waals surface area contributed by atoms with E-state index in [0.717, 1.165) is 26.2 Å². The lowest BCUT2D eigenvalue weighted by molar-refractivity contribution is 0.0307. The summed E-state index contributed by atoms with van der Waals surface area (Å²) in [5.41, 5.74) is 0. The van der Waals surface area contributed by atoms with Gasteiger partial charge in [0.25, 0.3) is 0 Å². The third-order valence-electron chi connectivity index (χ3n) is 3.21. The first-order chi connectivity index (χ1) is 7.84. The highest BCUT2D eigenvalue weighted by molar-refractivity contribution is 7.99. The summed E-state index contributed by atoms with van der Waals surface area (Å²) in [6.45, 7) is 4.69. The van der Waals surface area contributed by atoms with E-state index >= 15 is 0 Å². The molecule has 3 nitrogen and oxygen atoms in total. The minimum Gasteiger partial charge on any atom is -0.379 e. The Hall–Kier alpha value is 0.230. The van der Waals surface area contributed by atoms with Crippen molar-refractivity contribution in [2.24, 2.45) is 0 Å². The molecule has 0 aliphatic carbocycles. The van der Waals surface area contributed by atoms with Crippen molar-refractivity contribution in [1.29, 1.82) is 0 Å². The zero-order valence-electron chi connectivity index (χ0n) is 10.1. The fourth-order valence-corrected chi connectivity index (χ4v) is 3.35. The SMILES string of the molecule is CC(COC1CCOC1)NC1CCSCC1. The van der Waals surface area contributed by atoms with Crippen LogP contribution in [-0.2, 0) is 9.47 Å². The van der Waals surface area contributed by atoms with Gasteiger partial charge in [0.2, 0.25) is 0 Å². The van der Waals surface area contributed by atoms with Crippen LogP contribution < -0.4 is 5.32 Å². The van der Waals surface area contributed by atoms with Gasteiger partial charge in [-0.1, -0.05) is 0 Å². The smallest absolute Gasteiger partial charge is 0.0831 e. The lowest BCUT2D eigenvalue weighted by atomic mass is 10.1. The molecule has 16 heavy (non-hydrogen) atoms. The van der Waals surface area contributed by atoms with Gasteiger partial charge in [0.15, 0.2) is 0 Å². The first-order valence-corrected chi connectivity index (χ1v) is 7.53. The molecule has 94 valence electrons. The Kier molecular flexibility index (Phi) is 5.42. The standard InChI is InChI=1S/C12H23NO2S/c1-10(8-15-12-2-5-14-9-12)13-11-3-6-16-7-4-11/h10-13H,2-9H2,1H3. The highest BCUT2D eigenvalue weighted by Crippen LogP contribution is 2.17. The fourth-order valence-electron chi connectivity index (χ4n) is 2.24. The molecular weight excluding hydrogens is 222 g/mol. The maximum absolute atomic E-state index is 5.81. The van der Waals surface area contributed by atoms with Crippen molar-refractivity contribution in [3.05, 3.63) is 0 Å². The molecule has 2 aliphatic heterocycles. The van der Waals surface area contributed by atoms with E-state index in [4.69, 9.17) is 9.47 Å². The Labute approximate surface area is 103 Å². The largest absolute Gasteiger partial charge is 0.379 e. The molecule has 0 aromatic heterocycles. The maximum Gasteiger partial charge on any atom is 0.0831 e. The Morgan fingerprint density at radius 3 is 2.88 bits per heavy atom. The van der Waals surface area contributed by atoms with Gasteiger partial charge in [-0.15, -0.1) is 0 Å². The minimum absolute atomic E-state index is 0.339. The van der Waals surface area contributed by atoms with Gasteiger partial charge in [0.1, 0.15) is 0 Å². The van der Waals surface area contributed by atoms with Gasteiger partial charge in [-0.05, 0) is 37.7 Å². The highest BCUT2D eigenvalue weighted by Gasteiger charge is 2.19. The quantitative estimate of drug-likeness (QED) is 0.798. The zero-order chi connectivity index (χ0) is 11.2. The molecule has 4 heteroatoms. The van der Waals surface area contributed by atoms with Gasteiger partial charge in [-0.25, -0.2) is 0 Å². The third-order valence-corrected chi connectivity index (χ3v) is 4.26. The van der Waals surface area contributed by atoms with Crippen molar-refractivity contribution in [2.75, 3.05) is 31.3 Å². The summed E-state index contributed by atoms with van der Waals surface area (Å²) >= 11 is 2.07. The number of rotatable bonds is 5. The molecule has 2 fully saturated rings. The van der Waals surface area contributed by atoms with E-state index in [2.05, 4.69) is 24.0 Å². The fraction of sp³-hybridized carbons (Fsp3) is 1.00. The lowest BCUT2D eigenvalue weighted by Gasteiger charge is -2.26. The van der Waals surface area contributed by atoms with Crippen LogP contribution in [0.15, 0.2) is 0 Å². The average molecular weight is 245 g/mol. The van der Waals surface area contributed by atoms with E-state index in [1.165, 1.54) is 24.3 Å². The zero-order valence-corrected chi connectivity index (χ0v) is 10.9. The Morgan fingerprint density at radius 1 is 1.38 bits per heavy atom. The molecule has 2 atom stereocenters. The van der Waals surface area contributed by atoms with Crippen molar-refractivity contribution in [3.8, 4) is 0 Å². The molecule has 2 saturated heterocycles. The van der Waals surface area contributed by atoms with Gasteiger partial charge < -0.3 is 14.8 Å². The molecule has 2 aliphatic rings. The monoisotopic (exact) mass is 245 g/mol. The minimum atomic E-state index is 0.339. The molecule has 2 rings (SSSR count). The first-order valence-electron chi connectivity index (χ1n) is 6.38. The van der Waals surface area contributed by atoms with E-state index in [0.29, 0.717) is 18.2 Å². The first kappa shape index (κ1) is 12.7. The summed E-state index contributed by atoms with van der Waals surface area (Å²) in [4.78, 5) is 0. The van der Waals surface area contributed by atoms with Crippen LogP contribution in [0.5, 0.6) is 0 Å². The summed E-state index contributed by atoms with van der Waals surface area (Å²) in [7, 11) is 0. The van der Waals surface area contributed by atoms with Crippen molar-refractivity contribution >= 4 is 11.8 Å². The van der Waals surface area contributed by atoms with E-state index in [9.17, 15) is 0 Å². The normalized spacial score (nSPS) is 29.4. The Balaban J connectivity index is 1.57. The van der Waals surface area contributed by atoms with Crippen molar-refractivity contribution in [2.45, 2.75) is 44.4 Å². The second kappa shape index (κ2) is 6.84. The van der Waals surface area contributed by atoms with Crippen LogP contribution in [0.25, 0.3) is 0 Å². The second-order valence-electron chi connectivity index (χ2n) is 4.77. The summed E-state index contributed by atoms with van der Waals surface area (Å²) in [6, 6.07) is 1.17. The summed E-state index contributed by atoms with van der Waals surface area (Å²) in [6.07, 6.45) is 4.02. The Bertz CT molecular complexity index is 191. The van der Waals surface area contributed by atoms with E-state index in [1.807, 2.05) is 0 Å². The molecule has 0 amide bonds. The van der Waals surface area contributed by atoms with Crippen molar-refractivity contribution < 1.29 is 9.47 Å². The third kappa shape index (κ3) is 4.24. The maximum atomic E-state index is 5.81. The van der Waals surface area contributed by atoms with Crippen LogP contribution in [0, 0.1) is 0 Å². The molecule has 0 saturated carbocycles. The van der Waals surface area contributed by atoms with Crippen LogP contribution in [0.3, 0.4) is 0 Å². The summed E-state index contributed by atoms with van der Waals surface area (Å²) in [5.74, 6) is 2.61.